The number of para-hydroxylation sites is 2. The van der Waals surface area contributed by atoms with Crippen LogP contribution in [0.4, 0.5) is 0 Å². The fourth-order valence-corrected chi connectivity index (χ4v) is 11.7. The predicted octanol–water partition coefficient (Wildman–Crippen LogP) is 16.7. The van der Waals surface area contributed by atoms with Crippen molar-refractivity contribution in [1.82, 2.24) is 14.5 Å². The molecule has 10 aromatic rings. The van der Waals surface area contributed by atoms with Gasteiger partial charge in [0, 0.05) is 32.0 Å². The first-order valence-corrected chi connectivity index (χ1v) is 27.8. The summed E-state index contributed by atoms with van der Waals surface area (Å²) in [6.07, 6.45) is 3.24. The van der Waals surface area contributed by atoms with Gasteiger partial charge in [-0.3, -0.25) is 16.3 Å². The average Bonchev–Trinajstić information content (AvgIpc) is 3.92. The van der Waals surface area contributed by atoms with Crippen molar-refractivity contribution < 1.29 is 20.1 Å². The Morgan fingerprint density at radius 2 is 1.33 bits per heavy atom. The Morgan fingerprint density at radius 1 is 0.642 bits per heavy atom. The Kier molecular flexibility index (Phi) is 14.4. The molecule has 1 radical (unpaired) electrons. The molecule has 0 fully saturated rings. The van der Waals surface area contributed by atoms with Gasteiger partial charge in [-0.05, 0) is 103 Å². The fourth-order valence-electron chi connectivity index (χ4n) is 9.30. The molecular weight excluding hydrogens is 1030 g/mol. The number of aromatic nitrogens is 3. The Hall–Kier alpha value is -5.75. The molecule has 0 aliphatic heterocycles. The number of thiophene rings is 1. The molecule has 0 aliphatic carbocycles. The third-order valence-electron chi connectivity index (χ3n) is 12.6. The van der Waals surface area contributed by atoms with E-state index in [0.717, 1.165) is 40.1 Å². The Bertz CT molecular complexity index is 3270. The Labute approximate surface area is 416 Å². The van der Waals surface area contributed by atoms with E-state index < -0.39 is 8.07 Å². The quantitative estimate of drug-likeness (QED) is 0.101. The van der Waals surface area contributed by atoms with Crippen molar-refractivity contribution in [3.05, 3.63) is 192 Å². The zero-order chi connectivity index (χ0) is 46.1. The number of hydrogen-bond donors (Lipinski definition) is 0. The molecule has 7 aromatic carbocycles. The summed E-state index contributed by atoms with van der Waals surface area (Å²) in [7, 11) is -1.34. The van der Waals surface area contributed by atoms with Gasteiger partial charge in [0.25, 0.3) is 0 Å². The zero-order valence-electron chi connectivity index (χ0n) is 40.1. The largest absolute Gasteiger partial charge is 0.333 e. The summed E-state index contributed by atoms with van der Waals surface area (Å²) in [6, 6.07) is 59.8. The predicted molar refractivity (Wildman–Crippen MR) is 287 cm³/mol. The number of rotatable bonds is 10. The summed E-state index contributed by atoms with van der Waals surface area (Å²) < 4.78 is 3.64. The van der Waals surface area contributed by atoms with Crippen LogP contribution >= 0.6 is 11.3 Å². The molecule has 339 valence electrons. The molecule has 6 heteroatoms. The van der Waals surface area contributed by atoms with Crippen molar-refractivity contribution in [2.75, 3.05) is 0 Å². The molecule has 0 atom stereocenters. The van der Waals surface area contributed by atoms with Crippen molar-refractivity contribution >= 4 is 56.5 Å². The van der Waals surface area contributed by atoms with Gasteiger partial charge in [0.1, 0.15) is 0 Å². The maximum atomic E-state index is 5.35. The van der Waals surface area contributed by atoms with Crippen LogP contribution in [0.3, 0.4) is 0 Å². The second kappa shape index (κ2) is 20.2. The molecule has 0 spiro atoms. The molecule has 0 unspecified atom stereocenters. The molecule has 0 saturated heterocycles. The number of benzene rings is 7. The van der Waals surface area contributed by atoms with Crippen molar-refractivity contribution in [2.24, 2.45) is 5.92 Å². The van der Waals surface area contributed by atoms with E-state index in [4.69, 9.17) is 4.98 Å². The van der Waals surface area contributed by atoms with E-state index in [9.17, 15) is 0 Å². The SMILES string of the molecule is CC(C)Cc1cc(-c2[c-]cccc2)ncc1[Si](C)(C)C.CC(C)c1cc(-c2ccccc2)cc(C(C)C)c1-n1c(-c2[c-]sc3ccc(-c4cccc5ccccc45)cc23)nc2ccccc21.[Ir]. The topological polar surface area (TPSA) is 30.7 Å². The summed E-state index contributed by atoms with van der Waals surface area (Å²) >= 11 is 1.67. The molecule has 3 nitrogen and oxygen atoms in total. The first-order valence-electron chi connectivity index (χ1n) is 23.5. The maximum absolute atomic E-state index is 5.35. The van der Waals surface area contributed by atoms with Crippen LogP contribution in [0.1, 0.15) is 70.1 Å². The van der Waals surface area contributed by atoms with Gasteiger partial charge < -0.3 is 9.55 Å². The fraction of sp³-hybridized carbons (Fsp3) is 0.213. The van der Waals surface area contributed by atoms with Crippen LogP contribution in [0.5, 0.6) is 0 Å². The smallest absolute Gasteiger partial charge is 0.0798 e. The van der Waals surface area contributed by atoms with Gasteiger partial charge in [-0.15, -0.1) is 41.3 Å². The molecule has 0 bridgehead atoms. The average molecular weight is 1090 g/mol. The summed E-state index contributed by atoms with van der Waals surface area (Å²) in [5.74, 6) is 2.23. The molecule has 0 saturated carbocycles. The number of fused-ring (bicyclic) bond motifs is 3. The normalized spacial score (nSPS) is 11.7. The summed E-state index contributed by atoms with van der Waals surface area (Å²) in [4.78, 5) is 10.0. The number of imidazole rings is 1. The van der Waals surface area contributed by atoms with E-state index in [1.54, 1.807) is 11.3 Å². The van der Waals surface area contributed by atoms with Gasteiger partial charge >= 0.3 is 0 Å². The second-order valence-electron chi connectivity index (χ2n) is 19.6. The third kappa shape index (κ3) is 9.96. The number of nitrogens with zero attached hydrogens (tertiary/aromatic N) is 3. The first kappa shape index (κ1) is 47.7. The van der Waals surface area contributed by atoms with Crippen LogP contribution in [0, 0.1) is 17.4 Å². The van der Waals surface area contributed by atoms with Crippen molar-refractivity contribution in [3.63, 3.8) is 0 Å². The van der Waals surface area contributed by atoms with E-state index in [1.807, 2.05) is 18.2 Å². The minimum absolute atomic E-state index is 0. The maximum Gasteiger partial charge on any atom is 0.0798 e. The molecule has 0 N–H and O–H groups in total. The van der Waals surface area contributed by atoms with E-state index >= 15 is 0 Å². The van der Waals surface area contributed by atoms with E-state index in [-0.39, 0.29) is 20.1 Å². The van der Waals surface area contributed by atoms with Crippen LogP contribution in [-0.4, -0.2) is 22.6 Å². The second-order valence-corrected chi connectivity index (χ2v) is 25.5. The molecule has 67 heavy (non-hydrogen) atoms. The van der Waals surface area contributed by atoms with Crippen LogP contribution in [0.15, 0.2) is 164 Å². The molecule has 3 heterocycles. The van der Waals surface area contributed by atoms with Gasteiger partial charge in [-0.1, -0.05) is 192 Å². The molecular formula is C61H59IrN3SSi-2. The van der Waals surface area contributed by atoms with Crippen LogP contribution in [-0.2, 0) is 26.5 Å². The van der Waals surface area contributed by atoms with Gasteiger partial charge in [0.05, 0.1) is 24.9 Å². The molecule has 3 aromatic heterocycles. The van der Waals surface area contributed by atoms with Gasteiger partial charge in [0.15, 0.2) is 0 Å². The summed E-state index contributed by atoms with van der Waals surface area (Å²) in [5.41, 5.74) is 15.6. The molecule has 0 aliphatic rings. The van der Waals surface area contributed by atoms with Crippen molar-refractivity contribution in [3.8, 4) is 50.6 Å². The summed E-state index contributed by atoms with van der Waals surface area (Å²) in [5, 5.41) is 8.90. The summed E-state index contributed by atoms with van der Waals surface area (Å²) in [6.45, 7) is 21.0. The van der Waals surface area contributed by atoms with E-state index in [1.165, 1.54) is 70.7 Å². The van der Waals surface area contributed by atoms with E-state index in [2.05, 4.69) is 228 Å². The first-order chi connectivity index (χ1) is 31.9. The van der Waals surface area contributed by atoms with Gasteiger partial charge in [0.2, 0.25) is 0 Å². The molecule has 0 amide bonds. The van der Waals surface area contributed by atoms with Crippen LogP contribution in [0.25, 0.3) is 82.5 Å². The number of pyridine rings is 1. The zero-order valence-corrected chi connectivity index (χ0v) is 44.3. The minimum Gasteiger partial charge on any atom is -0.333 e. The van der Waals surface area contributed by atoms with Gasteiger partial charge in [-0.25, -0.2) is 0 Å². The third-order valence-corrected chi connectivity index (χ3v) is 15.5. The van der Waals surface area contributed by atoms with Crippen molar-refractivity contribution in [2.45, 2.75) is 79.4 Å². The van der Waals surface area contributed by atoms with Crippen LogP contribution < -0.4 is 5.19 Å². The standard InChI is InChI=1S/C43H35N2S.C18H24NSi.Ir/c1-27(2)35-24-32(29-13-6-5-7-14-29)25-36(28(3)4)42(35)45-40-20-11-10-19-39(40)44-43(45)38-26-46-41-22-21-31(23-37(38)41)34-18-12-16-30-15-8-9-17-33(30)34;1-14(2)11-16-12-17(15-9-7-6-8-10-15)19-13-18(16)20(3,4)5;/h5-25,27-28H,1-4H3;6-9,12-14H,11H2,1-5H3;/q2*-1;. The number of hydrogen-bond acceptors (Lipinski definition) is 3. The molecule has 10 rings (SSSR count). The Morgan fingerprint density at radius 3 is 2.03 bits per heavy atom. The Balaban J connectivity index is 0.000000244. The van der Waals surface area contributed by atoms with Gasteiger partial charge in [-0.2, -0.15) is 0 Å². The monoisotopic (exact) mass is 1090 g/mol. The van der Waals surface area contributed by atoms with Crippen molar-refractivity contribution in [1.29, 1.82) is 0 Å². The van der Waals surface area contributed by atoms with Crippen LogP contribution in [0.2, 0.25) is 19.6 Å². The van der Waals surface area contributed by atoms with E-state index in [0.29, 0.717) is 17.8 Å². The minimum atomic E-state index is -1.34.